The van der Waals surface area contributed by atoms with Gasteiger partial charge in [0.05, 0.1) is 40.2 Å². The molecule has 1 aromatic heterocycles. The number of hydrogen-bond acceptors (Lipinski definition) is 8. The number of aliphatic hydroxyl groups is 1. The Balaban J connectivity index is 1.58. The zero-order valence-corrected chi connectivity index (χ0v) is 20.6. The Morgan fingerprint density at radius 3 is 2.74 bits per heavy atom. The van der Waals surface area contributed by atoms with E-state index in [0.29, 0.717) is 41.4 Å². The zero-order valence-electron chi connectivity index (χ0n) is 19.8. The van der Waals surface area contributed by atoms with Gasteiger partial charge in [0, 0.05) is 24.3 Å². The number of nitrogens with zero attached hydrogens (tertiary/aromatic N) is 3. The fourth-order valence-corrected chi connectivity index (χ4v) is 5.02. The summed E-state index contributed by atoms with van der Waals surface area (Å²) in [7, 11) is 0. The van der Waals surface area contributed by atoms with E-state index < -0.39 is 12.1 Å². The average Bonchev–Trinajstić information content (AvgIpc) is 2.75. The summed E-state index contributed by atoms with van der Waals surface area (Å²) in [5.41, 5.74) is 6.86. The first-order valence-corrected chi connectivity index (χ1v) is 11.7. The van der Waals surface area contributed by atoms with Crippen molar-refractivity contribution in [1.29, 1.82) is 0 Å². The van der Waals surface area contributed by atoms with E-state index in [0.717, 1.165) is 0 Å². The summed E-state index contributed by atoms with van der Waals surface area (Å²) in [4.78, 5) is 23.6. The number of rotatable bonds is 6. The van der Waals surface area contributed by atoms with Gasteiger partial charge in [0.1, 0.15) is 0 Å². The number of aliphatic hydroxyl groups excluding tert-OH is 1. The van der Waals surface area contributed by atoms with Crippen molar-refractivity contribution in [3.05, 3.63) is 47.1 Å². The van der Waals surface area contributed by atoms with E-state index in [1.54, 1.807) is 17.0 Å². The van der Waals surface area contributed by atoms with E-state index in [2.05, 4.69) is 15.0 Å². The minimum Gasteiger partial charge on any atom is -0.420 e. The molecule has 3 heterocycles. The summed E-state index contributed by atoms with van der Waals surface area (Å²) in [5.74, 6) is 0.00333. The van der Waals surface area contributed by atoms with Crippen LogP contribution in [-0.2, 0) is 15.1 Å². The predicted octanol–water partition coefficient (Wildman–Crippen LogP) is 3.82. The molecule has 3 atom stereocenters. The number of carbonyl (C=O) groups excluding carboxylic acids is 1. The van der Waals surface area contributed by atoms with Crippen molar-refractivity contribution < 1.29 is 23.8 Å². The van der Waals surface area contributed by atoms with Crippen molar-refractivity contribution in [2.24, 2.45) is 10.7 Å². The number of aromatic nitrogens is 1. The molecule has 1 fully saturated rings. The van der Waals surface area contributed by atoms with Crippen molar-refractivity contribution in [2.45, 2.75) is 63.8 Å². The molecule has 1 amide bonds. The first-order valence-electron chi connectivity index (χ1n) is 11.3. The highest BCUT2D eigenvalue weighted by Gasteiger charge is 2.43. The minimum atomic E-state index is -2.45. The third-order valence-corrected chi connectivity index (χ3v) is 6.63. The van der Waals surface area contributed by atoms with Gasteiger partial charge >= 0.3 is 6.54 Å². The van der Waals surface area contributed by atoms with Gasteiger partial charge in [-0.1, -0.05) is 23.7 Å². The molecule has 4 rings (SSSR count). The number of nitrogens with two attached hydrogens (primary N) is 1. The molecule has 2 aliphatic rings. The van der Waals surface area contributed by atoms with E-state index in [-0.39, 0.29) is 35.8 Å². The van der Waals surface area contributed by atoms with Gasteiger partial charge in [-0.2, -0.15) is 4.39 Å². The lowest BCUT2D eigenvalue weighted by molar-refractivity contribution is -0.136. The molecule has 2 aliphatic heterocycles. The van der Waals surface area contributed by atoms with Gasteiger partial charge in [-0.05, 0) is 45.7 Å². The minimum absolute atomic E-state index is 0.0685. The summed E-state index contributed by atoms with van der Waals surface area (Å²) >= 11 is 6.76. The molecular weight excluding hydrogens is 477 g/mol. The number of guanidine groups is 1. The van der Waals surface area contributed by atoms with Crippen LogP contribution in [0, 0.1) is 0 Å². The highest BCUT2D eigenvalue weighted by molar-refractivity contribution is 6.34. The number of pyridine rings is 1. The largest absolute Gasteiger partial charge is 0.420 e. The summed E-state index contributed by atoms with van der Waals surface area (Å²) in [5, 5.41) is 12.2. The molecule has 0 bridgehead atoms. The predicted molar refractivity (Wildman–Crippen MR) is 130 cm³/mol. The molecule has 1 unspecified atom stereocenters. The molecule has 1 aromatic carbocycles. The Morgan fingerprint density at radius 2 is 2.11 bits per heavy atom. The van der Waals surface area contributed by atoms with Crippen LogP contribution in [0.5, 0.6) is 5.88 Å². The Morgan fingerprint density at radius 1 is 1.34 bits per heavy atom. The van der Waals surface area contributed by atoms with Crippen molar-refractivity contribution >= 4 is 34.8 Å². The number of benzene rings is 1. The van der Waals surface area contributed by atoms with Gasteiger partial charge in [0.2, 0.25) is 11.8 Å². The Kier molecular flexibility index (Phi) is 6.90. The standard InChI is InChI=1S/C24H29ClFN5O4/c1-23(2)11-15(9-10-34-23)31-19(32)12-24(3,30-22(31)27)16-5-4-6-17(20(16)25)29-14-7-8-18(28-13-14)35-21(26)33/h4-8,13,15,21,29,33H,9-12H2,1-3H3,(H2,27,30)/t15-,21?,24+/m1/s1. The van der Waals surface area contributed by atoms with Gasteiger partial charge in [0.25, 0.3) is 0 Å². The first kappa shape index (κ1) is 25.2. The second-order valence-electron chi connectivity index (χ2n) is 9.53. The van der Waals surface area contributed by atoms with Gasteiger partial charge < -0.3 is 25.6 Å². The number of ether oxygens (including phenoxy) is 2. The number of nitrogens with one attached hydrogen (secondary N) is 1. The number of anilines is 2. The van der Waals surface area contributed by atoms with Gasteiger partial charge in [-0.15, -0.1) is 0 Å². The SMILES string of the molecule is CC1(C)C[C@H](N2C(=O)C[C@@](C)(c3cccc(Nc4ccc(OC(O)F)nc4)c3Cl)N=C2N)CCO1. The zero-order chi connectivity index (χ0) is 25.4. The smallest absolute Gasteiger partial charge is 0.351 e. The van der Waals surface area contributed by atoms with E-state index in [9.17, 15) is 9.18 Å². The lowest BCUT2D eigenvalue weighted by Crippen LogP contribution is -2.57. The molecule has 11 heteroatoms. The van der Waals surface area contributed by atoms with Crippen LogP contribution in [0.2, 0.25) is 5.02 Å². The second kappa shape index (κ2) is 9.60. The molecule has 35 heavy (non-hydrogen) atoms. The van der Waals surface area contributed by atoms with E-state index >= 15 is 0 Å². The molecule has 188 valence electrons. The molecular formula is C24H29ClFN5O4. The number of hydrogen-bond donors (Lipinski definition) is 3. The number of aliphatic imine (C=N–C) groups is 1. The Bertz CT molecular complexity index is 1130. The van der Waals surface area contributed by atoms with Crippen LogP contribution < -0.4 is 15.8 Å². The van der Waals surface area contributed by atoms with Crippen LogP contribution in [0.3, 0.4) is 0 Å². The van der Waals surface area contributed by atoms with E-state index in [1.807, 2.05) is 32.9 Å². The number of carbonyl (C=O) groups is 1. The topological polar surface area (TPSA) is 122 Å². The van der Waals surface area contributed by atoms with Crippen LogP contribution >= 0.6 is 11.6 Å². The molecule has 2 aromatic rings. The second-order valence-corrected chi connectivity index (χ2v) is 9.90. The third kappa shape index (κ3) is 5.50. The number of halogens is 2. The monoisotopic (exact) mass is 505 g/mol. The maximum absolute atomic E-state index is 13.3. The molecule has 9 nitrogen and oxygen atoms in total. The Labute approximate surface area is 208 Å². The fourth-order valence-electron chi connectivity index (χ4n) is 4.64. The molecule has 1 saturated heterocycles. The number of alkyl halides is 1. The molecule has 0 radical (unpaired) electrons. The summed E-state index contributed by atoms with van der Waals surface area (Å²) in [6.07, 6.45) is 2.90. The molecule has 0 aliphatic carbocycles. The van der Waals surface area contributed by atoms with Crippen LogP contribution in [0.1, 0.15) is 45.6 Å². The Hall–Kier alpha value is -2.95. The van der Waals surface area contributed by atoms with Crippen LogP contribution in [0.4, 0.5) is 15.8 Å². The van der Waals surface area contributed by atoms with Crippen molar-refractivity contribution in [2.75, 3.05) is 11.9 Å². The summed E-state index contributed by atoms with van der Waals surface area (Å²) < 4.78 is 22.9. The van der Waals surface area contributed by atoms with Crippen LogP contribution in [-0.4, -0.2) is 51.7 Å². The average molecular weight is 506 g/mol. The molecule has 4 N–H and O–H groups in total. The van der Waals surface area contributed by atoms with Gasteiger partial charge in [-0.3, -0.25) is 9.69 Å². The summed E-state index contributed by atoms with van der Waals surface area (Å²) in [6.45, 7) is 3.95. The molecule has 0 saturated carbocycles. The fraction of sp³-hybridized carbons (Fsp3) is 0.458. The summed E-state index contributed by atoms with van der Waals surface area (Å²) in [6, 6.07) is 8.34. The first-order chi connectivity index (χ1) is 16.5. The number of amides is 1. The third-order valence-electron chi connectivity index (χ3n) is 6.22. The van der Waals surface area contributed by atoms with Crippen molar-refractivity contribution in [3.63, 3.8) is 0 Å². The van der Waals surface area contributed by atoms with Crippen LogP contribution in [0.15, 0.2) is 41.5 Å². The van der Waals surface area contributed by atoms with E-state index in [4.69, 9.17) is 32.2 Å². The van der Waals surface area contributed by atoms with Crippen molar-refractivity contribution in [1.82, 2.24) is 9.88 Å². The van der Waals surface area contributed by atoms with Crippen molar-refractivity contribution in [3.8, 4) is 5.88 Å². The lowest BCUT2D eigenvalue weighted by Gasteiger charge is -2.44. The van der Waals surface area contributed by atoms with E-state index in [1.165, 1.54) is 12.3 Å². The maximum atomic E-state index is 13.3. The maximum Gasteiger partial charge on any atom is 0.351 e. The molecule has 0 spiro atoms. The van der Waals surface area contributed by atoms with Gasteiger partial charge in [-0.25, -0.2) is 9.98 Å². The normalized spacial score (nSPS) is 25.1. The van der Waals surface area contributed by atoms with Gasteiger partial charge in [0.15, 0.2) is 5.96 Å². The lowest BCUT2D eigenvalue weighted by atomic mass is 9.85. The highest BCUT2D eigenvalue weighted by Crippen LogP contribution is 2.42. The quantitative estimate of drug-likeness (QED) is 0.510. The highest BCUT2D eigenvalue weighted by atomic mass is 35.5. The van der Waals surface area contributed by atoms with Crippen LogP contribution in [0.25, 0.3) is 0 Å².